The maximum absolute atomic E-state index is 12.3. The Bertz CT molecular complexity index is 609. The second kappa shape index (κ2) is 4.06. The van der Waals surface area contributed by atoms with Crippen molar-refractivity contribution in [1.82, 2.24) is 9.59 Å². The summed E-state index contributed by atoms with van der Waals surface area (Å²) in [6.07, 6.45) is 2.37. The highest BCUT2D eigenvalue weighted by Crippen LogP contribution is 2.33. The molecule has 0 radical (unpaired) electrons. The molecule has 1 aromatic heterocycles. The van der Waals surface area contributed by atoms with E-state index in [-0.39, 0.29) is 5.91 Å². The van der Waals surface area contributed by atoms with Gasteiger partial charge >= 0.3 is 0 Å². The molecule has 5 nitrogen and oxygen atoms in total. The lowest BCUT2D eigenvalue weighted by Crippen LogP contribution is -2.28. The highest BCUT2D eigenvalue weighted by Gasteiger charge is 2.27. The summed E-state index contributed by atoms with van der Waals surface area (Å²) in [7, 11) is 0. The Morgan fingerprint density at radius 3 is 3.06 bits per heavy atom. The number of nitrogens with zero attached hydrogens (tertiary/aromatic N) is 3. The molecule has 2 heterocycles. The zero-order chi connectivity index (χ0) is 12.7. The number of hydrogen-bond donors (Lipinski definition) is 1. The molecule has 1 aromatic carbocycles. The van der Waals surface area contributed by atoms with E-state index in [0.29, 0.717) is 11.4 Å². The first-order valence-electron chi connectivity index (χ1n) is 5.65. The molecule has 0 saturated carbocycles. The molecule has 0 atom stereocenters. The summed E-state index contributed by atoms with van der Waals surface area (Å²) >= 11 is 1.12. The lowest BCUT2D eigenvalue weighted by Gasteiger charge is -2.16. The van der Waals surface area contributed by atoms with Crippen molar-refractivity contribution >= 4 is 28.8 Å². The maximum Gasteiger partial charge on any atom is 0.271 e. The van der Waals surface area contributed by atoms with E-state index in [1.54, 1.807) is 4.90 Å². The zero-order valence-corrected chi connectivity index (χ0v) is 10.7. The zero-order valence-electron chi connectivity index (χ0n) is 9.88. The first-order chi connectivity index (χ1) is 8.66. The van der Waals surface area contributed by atoms with E-state index in [1.807, 2.05) is 13.0 Å². The number of nitrogen functional groups attached to an aromatic ring is 1. The second-order valence-corrected chi connectivity index (χ2v) is 5.11. The van der Waals surface area contributed by atoms with Crippen molar-refractivity contribution in [1.29, 1.82) is 0 Å². The number of carbonyl (C=O) groups is 1. The van der Waals surface area contributed by atoms with Crippen LogP contribution in [0.3, 0.4) is 0 Å². The van der Waals surface area contributed by atoms with E-state index < -0.39 is 0 Å². The monoisotopic (exact) mass is 260 g/mol. The van der Waals surface area contributed by atoms with Gasteiger partial charge in [0.05, 0.1) is 6.20 Å². The number of fused-ring (bicyclic) bond motifs is 1. The van der Waals surface area contributed by atoms with Gasteiger partial charge in [-0.3, -0.25) is 4.79 Å². The van der Waals surface area contributed by atoms with Crippen LogP contribution < -0.4 is 10.6 Å². The van der Waals surface area contributed by atoms with Crippen LogP contribution in [-0.2, 0) is 6.42 Å². The van der Waals surface area contributed by atoms with Gasteiger partial charge in [0.15, 0.2) is 0 Å². The van der Waals surface area contributed by atoms with E-state index in [1.165, 1.54) is 11.8 Å². The molecule has 1 aliphatic heterocycles. The molecule has 0 unspecified atom stereocenters. The first-order valence-corrected chi connectivity index (χ1v) is 6.42. The summed E-state index contributed by atoms with van der Waals surface area (Å²) in [5, 5.41) is 3.70. The summed E-state index contributed by atoms with van der Waals surface area (Å²) in [4.78, 5) is 14.6. The Kier molecular flexibility index (Phi) is 2.52. The van der Waals surface area contributed by atoms with Crippen LogP contribution in [0.2, 0.25) is 0 Å². The third-order valence-corrected chi connectivity index (χ3v) is 3.83. The average Bonchev–Trinajstić information content (AvgIpc) is 2.98. The average molecular weight is 260 g/mol. The SMILES string of the molecule is Cc1cc2c(cc1N)N(C(=O)c1cnns1)CC2. The molecular weight excluding hydrogens is 248 g/mol. The molecule has 2 aromatic rings. The van der Waals surface area contributed by atoms with Crippen LogP contribution in [0.4, 0.5) is 11.4 Å². The van der Waals surface area contributed by atoms with Gasteiger partial charge in [0.2, 0.25) is 0 Å². The van der Waals surface area contributed by atoms with Gasteiger partial charge in [0, 0.05) is 17.9 Å². The van der Waals surface area contributed by atoms with Gasteiger partial charge in [-0.2, -0.15) is 0 Å². The summed E-state index contributed by atoms with van der Waals surface area (Å²) in [6.45, 7) is 2.67. The third kappa shape index (κ3) is 1.65. The minimum Gasteiger partial charge on any atom is -0.398 e. The second-order valence-electron chi connectivity index (χ2n) is 4.33. The van der Waals surface area contributed by atoms with Crippen LogP contribution >= 0.6 is 11.5 Å². The number of aryl methyl sites for hydroxylation is 1. The number of nitrogens with two attached hydrogens (primary N) is 1. The molecule has 1 aliphatic rings. The Morgan fingerprint density at radius 2 is 2.33 bits per heavy atom. The molecule has 6 heteroatoms. The number of carbonyl (C=O) groups excluding carboxylic acids is 1. The van der Waals surface area contributed by atoms with Crippen molar-refractivity contribution in [2.45, 2.75) is 13.3 Å². The fourth-order valence-electron chi connectivity index (χ4n) is 2.18. The number of aromatic nitrogens is 2. The van der Waals surface area contributed by atoms with E-state index in [9.17, 15) is 4.79 Å². The van der Waals surface area contributed by atoms with E-state index >= 15 is 0 Å². The number of hydrogen-bond acceptors (Lipinski definition) is 5. The molecule has 0 spiro atoms. The summed E-state index contributed by atoms with van der Waals surface area (Å²) in [5.74, 6) is -0.0491. The van der Waals surface area contributed by atoms with Gasteiger partial charge in [0.1, 0.15) is 4.88 Å². The van der Waals surface area contributed by atoms with Crippen LogP contribution in [0.15, 0.2) is 18.3 Å². The van der Waals surface area contributed by atoms with E-state index in [4.69, 9.17) is 5.73 Å². The van der Waals surface area contributed by atoms with Gasteiger partial charge in [0.25, 0.3) is 5.91 Å². The molecule has 0 aliphatic carbocycles. The molecule has 0 saturated heterocycles. The topological polar surface area (TPSA) is 72.1 Å². The van der Waals surface area contributed by atoms with Crippen molar-refractivity contribution in [3.05, 3.63) is 34.3 Å². The van der Waals surface area contributed by atoms with Gasteiger partial charge in [-0.05, 0) is 42.1 Å². The molecule has 92 valence electrons. The maximum atomic E-state index is 12.3. The number of amides is 1. The number of benzene rings is 1. The Balaban J connectivity index is 2.00. The molecule has 0 bridgehead atoms. The number of anilines is 2. The van der Waals surface area contributed by atoms with Crippen molar-refractivity contribution in [3.8, 4) is 0 Å². The van der Waals surface area contributed by atoms with Gasteiger partial charge < -0.3 is 10.6 Å². The van der Waals surface area contributed by atoms with Crippen LogP contribution in [0.1, 0.15) is 20.8 Å². The molecule has 2 N–H and O–H groups in total. The minimum atomic E-state index is -0.0491. The smallest absolute Gasteiger partial charge is 0.271 e. The van der Waals surface area contributed by atoms with E-state index in [2.05, 4.69) is 15.7 Å². The first kappa shape index (κ1) is 11.2. The standard InChI is InChI=1S/C12H12N4OS/c1-7-4-8-2-3-16(10(8)5-9(7)13)12(17)11-6-14-15-18-11/h4-6H,2-3,13H2,1H3. The lowest BCUT2D eigenvalue weighted by molar-refractivity contribution is 0.0993. The quantitative estimate of drug-likeness (QED) is 0.791. The Hall–Kier alpha value is -1.95. The largest absolute Gasteiger partial charge is 0.398 e. The van der Waals surface area contributed by atoms with Crippen LogP contribution in [0.25, 0.3) is 0 Å². The summed E-state index contributed by atoms with van der Waals surface area (Å²) in [5.41, 5.74) is 9.78. The molecular formula is C12H12N4OS. The van der Waals surface area contributed by atoms with Crippen molar-refractivity contribution in [2.24, 2.45) is 0 Å². The highest BCUT2D eigenvalue weighted by atomic mass is 32.1. The fourth-order valence-corrected chi connectivity index (χ4v) is 2.65. The van der Waals surface area contributed by atoms with Gasteiger partial charge in [-0.25, -0.2) is 0 Å². The lowest BCUT2D eigenvalue weighted by atomic mass is 10.1. The Morgan fingerprint density at radius 1 is 1.50 bits per heavy atom. The number of rotatable bonds is 1. The molecule has 1 amide bonds. The fraction of sp³-hybridized carbons (Fsp3) is 0.250. The van der Waals surface area contributed by atoms with Crippen LogP contribution in [-0.4, -0.2) is 22.0 Å². The van der Waals surface area contributed by atoms with Gasteiger partial charge in [-0.1, -0.05) is 10.6 Å². The van der Waals surface area contributed by atoms with Crippen LogP contribution in [0.5, 0.6) is 0 Å². The highest BCUT2D eigenvalue weighted by molar-refractivity contribution is 7.07. The summed E-state index contributed by atoms with van der Waals surface area (Å²) < 4.78 is 3.72. The summed E-state index contributed by atoms with van der Waals surface area (Å²) in [6, 6.07) is 3.94. The minimum absolute atomic E-state index is 0.0491. The molecule has 3 rings (SSSR count). The third-order valence-electron chi connectivity index (χ3n) is 3.18. The Labute approximate surface area is 108 Å². The molecule has 0 fully saturated rings. The predicted molar refractivity (Wildman–Crippen MR) is 70.9 cm³/mol. The van der Waals surface area contributed by atoms with Crippen molar-refractivity contribution in [3.63, 3.8) is 0 Å². The predicted octanol–water partition coefficient (Wildman–Crippen LogP) is 1.63. The molecule has 18 heavy (non-hydrogen) atoms. The normalized spacial score (nSPS) is 13.7. The van der Waals surface area contributed by atoms with Crippen LogP contribution in [0, 0.1) is 6.92 Å². The van der Waals surface area contributed by atoms with Crippen molar-refractivity contribution < 1.29 is 4.79 Å². The van der Waals surface area contributed by atoms with Gasteiger partial charge in [-0.15, -0.1) is 5.10 Å². The van der Waals surface area contributed by atoms with Crippen molar-refractivity contribution in [2.75, 3.05) is 17.2 Å². The van der Waals surface area contributed by atoms with E-state index in [0.717, 1.165) is 34.9 Å².